The van der Waals surface area contributed by atoms with Gasteiger partial charge in [-0.05, 0) is 23.8 Å². The molecule has 2 aromatic carbocycles. The molecule has 0 N–H and O–H groups in total. The summed E-state index contributed by atoms with van der Waals surface area (Å²) in [6, 6.07) is 15.3. The summed E-state index contributed by atoms with van der Waals surface area (Å²) in [5.74, 6) is -0.562. The molecule has 5 nitrogen and oxygen atoms in total. The number of ether oxygens (including phenoxy) is 1. The minimum atomic E-state index is -3.69. The molecule has 0 radical (unpaired) electrons. The van der Waals surface area contributed by atoms with Crippen LogP contribution in [0.3, 0.4) is 0 Å². The van der Waals surface area contributed by atoms with Crippen molar-refractivity contribution in [2.24, 2.45) is 0 Å². The first kappa shape index (κ1) is 17.2. The summed E-state index contributed by atoms with van der Waals surface area (Å²) in [6.07, 6.45) is 0. The number of carbonyl (C=O) groups is 1. The normalized spacial score (nSPS) is 11.4. The molecule has 0 aliphatic carbocycles. The molecule has 0 fully saturated rings. The fourth-order valence-electron chi connectivity index (χ4n) is 2.20. The fraction of sp³-hybridized carbons (Fsp3) is 0.235. The summed E-state index contributed by atoms with van der Waals surface area (Å²) in [5, 5.41) is 0. The first-order valence-corrected chi connectivity index (χ1v) is 8.65. The molecule has 23 heavy (non-hydrogen) atoms. The fourth-order valence-corrected chi connectivity index (χ4v) is 3.69. The van der Waals surface area contributed by atoms with Gasteiger partial charge in [0.1, 0.15) is 0 Å². The monoisotopic (exact) mass is 333 g/mol. The summed E-state index contributed by atoms with van der Waals surface area (Å²) in [5.41, 5.74) is 1.12. The molecular weight excluding hydrogens is 314 g/mol. The SMILES string of the molecule is CCN(Cc1ccccc1)S(=O)(=O)c1cccc(C(=O)OC)c1. The van der Waals surface area contributed by atoms with E-state index in [1.165, 1.54) is 35.7 Å². The maximum Gasteiger partial charge on any atom is 0.337 e. The van der Waals surface area contributed by atoms with Gasteiger partial charge in [0.2, 0.25) is 10.0 Å². The second kappa shape index (κ2) is 7.39. The zero-order valence-corrected chi connectivity index (χ0v) is 13.9. The Morgan fingerprint density at radius 3 is 2.39 bits per heavy atom. The van der Waals surface area contributed by atoms with Gasteiger partial charge in [0.05, 0.1) is 17.6 Å². The summed E-state index contributed by atoms with van der Waals surface area (Å²) >= 11 is 0. The van der Waals surface area contributed by atoms with Crippen molar-refractivity contribution in [2.45, 2.75) is 18.4 Å². The van der Waals surface area contributed by atoms with E-state index in [1.54, 1.807) is 6.92 Å². The summed E-state index contributed by atoms with van der Waals surface area (Å²) in [7, 11) is -2.43. The third-order valence-corrected chi connectivity index (χ3v) is 5.36. The Morgan fingerprint density at radius 1 is 1.09 bits per heavy atom. The van der Waals surface area contributed by atoms with E-state index >= 15 is 0 Å². The van der Waals surface area contributed by atoms with E-state index < -0.39 is 16.0 Å². The number of carbonyl (C=O) groups excluding carboxylic acids is 1. The second-order valence-electron chi connectivity index (χ2n) is 4.94. The molecule has 2 aromatic rings. The highest BCUT2D eigenvalue weighted by Crippen LogP contribution is 2.19. The van der Waals surface area contributed by atoms with Gasteiger partial charge < -0.3 is 4.74 Å². The Kier molecular flexibility index (Phi) is 5.52. The summed E-state index contributed by atoms with van der Waals surface area (Å²) in [4.78, 5) is 11.7. The number of nitrogens with zero attached hydrogens (tertiary/aromatic N) is 1. The molecule has 0 amide bonds. The van der Waals surface area contributed by atoms with Crippen molar-refractivity contribution in [3.63, 3.8) is 0 Å². The zero-order valence-electron chi connectivity index (χ0n) is 13.1. The van der Waals surface area contributed by atoms with Crippen molar-refractivity contribution in [3.8, 4) is 0 Å². The molecule has 0 saturated heterocycles. The van der Waals surface area contributed by atoms with Gasteiger partial charge in [-0.15, -0.1) is 0 Å². The van der Waals surface area contributed by atoms with E-state index in [0.29, 0.717) is 6.54 Å². The minimum Gasteiger partial charge on any atom is -0.465 e. The zero-order chi connectivity index (χ0) is 16.9. The van der Waals surface area contributed by atoms with Crippen LogP contribution in [0.15, 0.2) is 59.5 Å². The highest BCUT2D eigenvalue weighted by atomic mass is 32.2. The van der Waals surface area contributed by atoms with Crippen molar-refractivity contribution in [3.05, 3.63) is 65.7 Å². The lowest BCUT2D eigenvalue weighted by Crippen LogP contribution is -2.30. The maximum atomic E-state index is 12.8. The number of esters is 1. The van der Waals surface area contributed by atoms with Crippen LogP contribution in [0.1, 0.15) is 22.8 Å². The number of methoxy groups -OCH3 is 1. The molecule has 2 rings (SSSR count). The van der Waals surface area contributed by atoms with E-state index in [4.69, 9.17) is 0 Å². The average Bonchev–Trinajstić information content (AvgIpc) is 2.59. The van der Waals surface area contributed by atoms with E-state index in [0.717, 1.165) is 5.56 Å². The highest BCUT2D eigenvalue weighted by molar-refractivity contribution is 7.89. The van der Waals surface area contributed by atoms with Crippen molar-refractivity contribution in [2.75, 3.05) is 13.7 Å². The van der Waals surface area contributed by atoms with Crippen molar-refractivity contribution in [1.29, 1.82) is 0 Å². The van der Waals surface area contributed by atoms with Gasteiger partial charge in [-0.25, -0.2) is 13.2 Å². The maximum absolute atomic E-state index is 12.8. The molecular formula is C17H19NO4S. The molecule has 0 aliphatic heterocycles. The largest absolute Gasteiger partial charge is 0.465 e. The predicted molar refractivity (Wildman–Crippen MR) is 87.5 cm³/mol. The van der Waals surface area contributed by atoms with E-state index in [9.17, 15) is 13.2 Å². The van der Waals surface area contributed by atoms with E-state index in [1.807, 2.05) is 30.3 Å². The summed E-state index contributed by atoms with van der Waals surface area (Å²) in [6.45, 7) is 2.40. The number of hydrogen-bond acceptors (Lipinski definition) is 4. The van der Waals surface area contributed by atoms with Gasteiger partial charge in [-0.2, -0.15) is 4.31 Å². The Hall–Kier alpha value is -2.18. The quantitative estimate of drug-likeness (QED) is 0.763. The summed E-state index contributed by atoms with van der Waals surface area (Å²) < 4.78 is 31.6. The lowest BCUT2D eigenvalue weighted by Gasteiger charge is -2.21. The Balaban J connectivity index is 2.33. The topological polar surface area (TPSA) is 63.7 Å². The van der Waals surface area contributed by atoms with Crippen LogP contribution in [-0.4, -0.2) is 32.3 Å². The van der Waals surface area contributed by atoms with Gasteiger partial charge in [-0.3, -0.25) is 0 Å². The Labute approximate surface area is 136 Å². The molecule has 0 aliphatic rings. The lowest BCUT2D eigenvalue weighted by atomic mass is 10.2. The first-order chi connectivity index (χ1) is 11.0. The van der Waals surface area contributed by atoms with Crippen LogP contribution in [0.2, 0.25) is 0 Å². The van der Waals surface area contributed by atoms with Gasteiger partial charge in [0.25, 0.3) is 0 Å². The second-order valence-corrected chi connectivity index (χ2v) is 6.87. The number of hydrogen-bond donors (Lipinski definition) is 0. The molecule has 0 bridgehead atoms. The number of sulfonamides is 1. The van der Waals surface area contributed by atoms with Crippen LogP contribution in [0, 0.1) is 0 Å². The molecule has 0 atom stereocenters. The Morgan fingerprint density at radius 2 is 1.78 bits per heavy atom. The molecule has 6 heteroatoms. The van der Waals surface area contributed by atoms with Crippen LogP contribution >= 0.6 is 0 Å². The molecule has 0 heterocycles. The van der Waals surface area contributed by atoms with Crippen LogP contribution in [0.4, 0.5) is 0 Å². The van der Waals surface area contributed by atoms with Gasteiger partial charge in [-0.1, -0.05) is 43.3 Å². The van der Waals surface area contributed by atoms with E-state index in [2.05, 4.69) is 4.74 Å². The first-order valence-electron chi connectivity index (χ1n) is 7.21. The van der Waals surface area contributed by atoms with Crippen LogP contribution in [-0.2, 0) is 21.3 Å². The molecule has 0 unspecified atom stereocenters. The van der Waals surface area contributed by atoms with Crippen molar-refractivity contribution < 1.29 is 17.9 Å². The van der Waals surface area contributed by atoms with Crippen LogP contribution in [0.25, 0.3) is 0 Å². The van der Waals surface area contributed by atoms with Crippen LogP contribution in [0.5, 0.6) is 0 Å². The van der Waals surface area contributed by atoms with E-state index in [-0.39, 0.29) is 17.0 Å². The number of benzene rings is 2. The molecule has 0 saturated carbocycles. The smallest absolute Gasteiger partial charge is 0.337 e. The molecule has 0 spiro atoms. The highest BCUT2D eigenvalue weighted by Gasteiger charge is 2.24. The van der Waals surface area contributed by atoms with Gasteiger partial charge in [0, 0.05) is 13.1 Å². The minimum absolute atomic E-state index is 0.0816. The van der Waals surface area contributed by atoms with Gasteiger partial charge in [0.15, 0.2) is 0 Å². The molecule has 0 aromatic heterocycles. The molecule has 122 valence electrons. The third-order valence-electron chi connectivity index (χ3n) is 3.45. The van der Waals surface area contributed by atoms with Crippen molar-refractivity contribution >= 4 is 16.0 Å². The Bertz CT molecular complexity index is 772. The standard InChI is InChI=1S/C17H19NO4S/c1-3-18(13-14-8-5-4-6-9-14)23(20,21)16-11-7-10-15(12-16)17(19)22-2/h4-12H,3,13H2,1-2H3. The van der Waals surface area contributed by atoms with Crippen LogP contribution < -0.4 is 0 Å². The predicted octanol–water partition coefficient (Wildman–Crippen LogP) is 2.68. The lowest BCUT2D eigenvalue weighted by molar-refractivity contribution is 0.0600. The third kappa shape index (κ3) is 3.97. The van der Waals surface area contributed by atoms with Crippen molar-refractivity contribution in [1.82, 2.24) is 4.31 Å². The van der Waals surface area contributed by atoms with Gasteiger partial charge >= 0.3 is 5.97 Å². The average molecular weight is 333 g/mol. The number of rotatable bonds is 6.